The summed E-state index contributed by atoms with van der Waals surface area (Å²) < 4.78 is 5.58. The third-order valence-electron chi connectivity index (χ3n) is 3.91. The molecule has 0 unspecified atom stereocenters. The summed E-state index contributed by atoms with van der Waals surface area (Å²) in [7, 11) is 0. The summed E-state index contributed by atoms with van der Waals surface area (Å²) in [5.74, 6) is 0.637. The number of benzene rings is 1. The van der Waals surface area contributed by atoms with Crippen LogP contribution in [-0.4, -0.2) is 13.2 Å². The van der Waals surface area contributed by atoms with Crippen molar-refractivity contribution in [2.45, 2.75) is 32.1 Å². The van der Waals surface area contributed by atoms with Gasteiger partial charge in [0.2, 0.25) is 0 Å². The minimum Gasteiger partial charge on any atom is -0.404 e. The van der Waals surface area contributed by atoms with E-state index in [-0.39, 0.29) is 26.9 Å². The van der Waals surface area contributed by atoms with Crippen LogP contribution < -0.4 is 0 Å². The van der Waals surface area contributed by atoms with E-state index in [2.05, 4.69) is 24.3 Å². The second kappa shape index (κ2) is 9.33. The number of hydrogen-bond donors (Lipinski definition) is 0. The first-order valence-corrected chi connectivity index (χ1v) is 7.30. The van der Waals surface area contributed by atoms with E-state index in [1.807, 2.05) is 18.2 Å². The summed E-state index contributed by atoms with van der Waals surface area (Å²) in [6, 6.07) is 10.3. The largest absolute Gasteiger partial charge is 3.00 e. The third kappa shape index (κ3) is 5.20. The number of hydrogen-bond acceptors (Lipinski definition) is 1. The molecule has 1 saturated carbocycles. The first-order chi connectivity index (χ1) is 9.42. The molecule has 114 valence electrons. The average Bonchev–Trinajstić information content (AvgIpc) is 2.88. The molecule has 21 heavy (non-hydrogen) atoms. The van der Waals surface area contributed by atoms with Crippen molar-refractivity contribution in [3.8, 4) is 0 Å². The molecule has 2 fully saturated rings. The summed E-state index contributed by atoms with van der Waals surface area (Å²) >= 11 is 0. The van der Waals surface area contributed by atoms with E-state index < -0.39 is 0 Å². The molecule has 0 atom stereocenters. The fraction of sp³-hybridized carbons (Fsp3) is 0.421. The average molecular weight is 370 g/mol. The number of rotatable bonds is 2. The fourth-order valence-electron chi connectivity index (χ4n) is 2.86. The zero-order valence-corrected chi connectivity index (χ0v) is 14.3. The van der Waals surface area contributed by atoms with Gasteiger partial charge in [-0.1, -0.05) is 38.2 Å². The predicted octanol–water partition coefficient (Wildman–Crippen LogP) is 4.55. The van der Waals surface area contributed by atoms with Crippen molar-refractivity contribution in [2.75, 3.05) is 13.2 Å². The molecular weight excluding hydrogens is 347 g/mol. The van der Waals surface area contributed by atoms with Gasteiger partial charge in [-0.15, -0.1) is 30.2 Å². The Balaban J connectivity index is 0.00000110. The van der Waals surface area contributed by atoms with Crippen molar-refractivity contribution >= 4 is 0 Å². The van der Waals surface area contributed by atoms with Gasteiger partial charge in [-0.3, -0.25) is 11.1 Å². The third-order valence-corrected chi connectivity index (χ3v) is 3.91. The molecule has 1 nitrogen and oxygen atoms in total. The van der Waals surface area contributed by atoms with Gasteiger partial charge in [-0.2, -0.15) is 5.56 Å². The molecule has 1 aromatic carbocycles. The van der Waals surface area contributed by atoms with Gasteiger partial charge in [0, 0.05) is 6.61 Å². The molecule has 2 aliphatic rings. The molecule has 0 amide bonds. The van der Waals surface area contributed by atoms with E-state index >= 15 is 0 Å². The summed E-state index contributed by atoms with van der Waals surface area (Å²) in [5.41, 5.74) is 3.57. The van der Waals surface area contributed by atoms with E-state index in [1.165, 1.54) is 43.3 Å². The first kappa shape index (κ1) is 18.3. The molecule has 1 aliphatic heterocycles. The minimum absolute atomic E-state index is 0. The molecule has 3 rings (SSSR count). The van der Waals surface area contributed by atoms with Crippen LogP contribution in [0.2, 0.25) is 0 Å². The Morgan fingerprint density at radius 1 is 0.905 bits per heavy atom. The van der Waals surface area contributed by atoms with Crippen LogP contribution in [0.5, 0.6) is 0 Å². The van der Waals surface area contributed by atoms with Crippen molar-refractivity contribution in [3.63, 3.8) is 0 Å². The zero-order chi connectivity index (χ0) is 12.9. The van der Waals surface area contributed by atoms with E-state index in [0.717, 1.165) is 5.56 Å². The van der Waals surface area contributed by atoms with Gasteiger partial charge in [0.1, 0.15) is 0 Å². The maximum Gasteiger partial charge on any atom is 3.00 e. The molecule has 0 spiro atoms. The summed E-state index contributed by atoms with van der Waals surface area (Å²) in [6.45, 7) is 1.40. The van der Waals surface area contributed by atoms with E-state index in [1.54, 1.807) is 0 Å². The predicted molar refractivity (Wildman–Crippen MR) is 82.9 cm³/mol. The molecule has 0 N–H and O–H groups in total. The summed E-state index contributed by atoms with van der Waals surface area (Å²) in [4.78, 5) is 0. The second-order valence-electron chi connectivity index (χ2n) is 5.42. The maximum absolute atomic E-state index is 5.58. The molecule has 0 aromatic heterocycles. The summed E-state index contributed by atoms with van der Waals surface area (Å²) in [5, 5.41) is 0. The van der Waals surface area contributed by atoms with Gasteiger partial charge in [-0.25, -0.2) is 6.08 Å². The first-order valence-electron chi connectivity index (χ1n) is 7.30. The van der Waals surface area contributed by atoms with Crippen LogP contribution in [0.1, 0.15) is 37.7 Å². The molecule has 0 radical (unpaired) electrons. The van der Waals surface area contributed by atoms with Gasteiger partial charge in [0.15, 0.2) is 0 Å². The Bertz CT molecular complexity index is 470. The Labute approximate surface area is 142 Å². The normalized spacial score (nSPS) is 22.9. The van der Waals surface area contributed by atoms with E-state index in [9.17, 15) is 0 Å². The SMILES string of the molecule is [C-](=C1COCC1=[C-]C1CCCCC1)c1ccccc1.[CH3-].[Rh+3]. The van der Waals surface area contributed by atoms with Crippen molar-refractivity contribution in [2.24, 2.45) is 5.92 Å². The van der Waals surface area contributed by atoms with Crippen LogP contribution in [-0.2, 0) is 24.2 Å². The Morgan fingerprint density at radius 2 is 1.57 bits per heavy atom. The molecule has 1 aromatic rings. The van der Waals surface area contributed by atoms with Crippen molar-refractivity contribution < 1.29 is 24.2 Å². The van der Waals surface area contributed by atoms with Crippen LogP contribution in [0.4, 0.5) is 0 Å². The van der Waals surface area contributed by atoms with Gasteiger partial charge < -0.3 is 18.2 Å². The fourth-order valence-corrected chi connectivity index (χ4v) is 2.86. The van der Waals surface area contributed by atoms with E-state index in [0.29, 0.717) is 19.1 Å². The molecule has 1 saturated heterocycles. The molecule has 2 heteroatoms. The standard InChI is InChI=1S/C18H20O.CH3.Rh/c1-3-7-15(8-4-1)11-17-13-19-14-18(17)12-16-9-5-2-6-10-16;;/h1,3-4,7-8,16H,2,5-6,9-10,13-14H2;1H3;/q-2;-1;+3. The Kier molecular flexibility index (Phi) is 8.15. The van der Waals surface area contributed by atoms with E-state index in [4.69, 9.17) is 4.74 Å². The number of ether oxygens (including phenoxy) is 1. The molecule has 0 bridgehead atoms. The zero-order valence-electron chi connectivity index (χ0n) is 12.7. The van der Waals surface area contributed by atoms with Gasteiger partial charge in [0.05, 0.1) is 0 Å². The van der Waals surface area contributed by atoms with Gasteiger partial charge in [-0.05, 0) is 6.61 Å². The molecule has 1 heterocycles. The van der Waals surface area contributed by atoms with Crippen LogP contribution in [0.15, 0.2) is 41.5 Å². The summed E-state index contributed by atoms with van der Waals surface area (Å²) in [6.07, 6.45) is 13.8. The molecule has 1 aliphatic carbocycles. The Morgan fingerprint density at radius 3 is 2.29 bits per heavy atom. The smallest absolute Gasteiger partial charge is 0.404 e. The van der Waals surface area contributed by atoms with Gasteiger partial charge in [0.25, 0.3) is 0 Å². The number of allylic oxidation sites excluding steroid dienone is 1. The van der Waals surface area contributed by atoms with Crippen molar-refractivity contribution in [1.82, 2.24) is 0 Å². The topological polar surface area (TPSA) is 9.23 Å². The van der Waals surface area contributed by atoms with Crippen LogP contribution >= 0.6 is 0 Å². The van der Waals surface area contributed by atoms with Crippen LogP contribution in [0, 0.1) is 25.5 Å². The van der Waals surface area contributed by atoms with Crippen molar-refractivity contribution in [3.05, 3.63) is 66.6 Å². The quantitative estimate of drug-likeness (QED) is 0.548. The van der Waals surface area contributed by atoms with Crippen molar-refractivity contribution in [1.29, 1.82) is 0 Å². The molecular formula is C19H23ORh. The minimum atomic E-state index is 0. The van der Waals surface area contributed by atoms with Crippen LogP contribution in [0.25, 0.3) is 0 Å². The van der Waals surface area contributed by atoms with Gasteiger partial charge >= 0.3 is 19.5 Å². The monoisotopic (exact) mass is 370 g/mol. The van der Waals surface area contributed by atoms with Crippen LogP contribution in [0.3, 0.4) is 0 Å². The second-order valence-corrected chi connectivity index (χ2v) is 5.42. The Hall–Kier alpha value is -0.717. The maximum atomic E-state index is 5.58.